The summed E-state index contributed by atoms with van der Waals surface area (Å²) >= 11 is 0. The number of ether oxygens (including phenoxy) is 1. The van der Waals surface area contributed by atoms with Crippen molar-refractivity contribution in [1.82, 2.24) is 24.5 Å². The van der Waals surface area contributed by atoms with E-state index in [-0.39, 0.29) is 0 Å². The monoisotopic (exact) mass is 390 g/mol. The van der Waals surface area contributed by atoms with Crippen molar-refractivity contribution in [3.63, 3.8) is 0 Å². The Bertz CT molecular complexity index is 1160. The fraction of sp³-hybridized carbons (Fsp3) is 0.238. The van der Waals surface area contributed by atoms with Crippen LogP contribution in [0.25, 0.3) is 16.7 Å². The molecule has 148 valence electrons. The lowest BCUT2D eigenvalue weighted by molar-refractivity contribution is 0.0527. The molecule has 0 atom stereocenters. The normalized spacial score (nSPS) is 11.0. The van der Waals surface area contributed by atoms with Crippen LogP contribution in [0, 0.1) is 6.92 Å². The second-order valence-corrected chi connectivity index (χ2v) is 6.61. The first-order valence-electron chi connectivity index (χ1n) is 9.41. The minimum absolute atomic E-state index is 0.296. The highest BCUT2D eigenvalue weighted by Crippen LogP contribution is 2.30. The Morgan fingerprint density at radius 2 is 2.07 bits per heavy atom. The van der Waals surface area contributed by atoms with Gasteiger partial charge < -0.3 is 10.1 Å². The predicted octanol–water partition coefficient (Wildman–Crippen LogP) is 3.25. The van der Waals surface area contributed by atoms with Gasteiger partial charge in [-0.2, -0.15) is 10.2 Å². The van der Waals surface area contributed by atoms with E-state index in [9.17, 15) is 4.79 Å². The molecule has 0 radical (unpaired) electrons. The zero-order valence-electron chi connectivity index (χ0n) is 16.6. The van der Waals surface area contributed by atoms with Crippen molar-refractivity contribution in [1.29, 1.82) is 0 Å². The van der Waals surface area contributed by atoms with Gasteiger partial charge in [-0.15, -0.1) is 0 Å². The molecule has 1 aromatic carbocycles. The van der Waals surface area contributed by atoms with E-state index in [1.807, 2.05) is 55.2 Å². The number of pyridine rings is 1. The van der Waals surface area contributed by atoms with Crippen molar-refractivity contribution < 1.29 is 9.53 Å². The SMILES string of the molecule is CCOC(=O)c1cnc2c(c(C)nn2C)c1NCc1ccccc1-n1cccn1. The Kier molecular flexibility index (Phi) is 4.99. The Morgan fingerprint density at radius 3 is 2.83 bits per heavy atom. The molecule has 0 amide bonds. The maximum atomic E-state index is 12.5. The third-order valence-corrected chi connectivity index (χ3v) is 4.72. The summed E-state index contributed by atoms with van der Waals surface area (Å²) in [6, 6.07) is 9.87. The number of aromatic nitrogens is 5. The van der Waals surface area contributed by atoms with Crippen molar-refractivity contribution in [3.8, 4) is 5.69 Å². The van der Waals surface area contributed by atoms with Crippen molar-refractivity contribution in [2.24, 2.45) is 7.05 Å². The number of fused-ring (bicyclic) bond motifs is 1. The molecule has 3 heterocycles. The van der Waals surface area contributed by atoms with Gasteiger partial charge in [-0.1, -0.05) is 18.2 Å². The number of hydrogen-bond donors (Lipinski definition) is 1. The topological polar surface area (TPSA) is 86.9 Å². The number of rotatable bonds is 6. The number of para-hydroxylation sites is 1. The summed E-state index contributed by atoms with van der Waals surface area (Å²) in [7, 11) is 1.84. The molecule has 0 saturated carbocycles. The summed E-state index contributed by atoms with van der Waals surface area (Å²) < 4.78 is 8.77. The number of nitrogens with one attached hydrogen (secondary N) is 1. The molecule has 0 unspecified atom stereocenters. The molecule has 8 heteroatoms. The number of aryl methyl sites for hydroxylation is 2. The van der Waals surface area contributed by atoms with E-state index in [1.165, 1.54) is 0 Å². The number of carbonyl (C=O) groups excluding carboxylic acids is 1. The number of benzene rings is 1. The molecule has 4 aromatic rings. The van der Waals surface area contributed by atoms with Gasteiger partial charge in [0.05, 0.1) is 29.1 Å². The quantitative estimate of drug-likeness (QED) is 0.509. The lowest BCUT2D eigenvalue weighted by atomic mass is 10.1. The Hall–Kier alpha value is -3.68. The van der Waals surface area contributed by atoms with Crippen LogP contribution in [-0.4, -0.2) is 37.1 Å². The minimum Gasteiger partial charge on any atom is -0.462 e. The molecular weight excluding hydrogens is 368 g/mol. The van der Waals surface area contributed by atoms with E-state index >= 15 is 0 Å². The first-order chi connectivity index (χ1) is 14.1. The molecule has 0 aliphatic rings. The molecule has 0 aliphatic heterocycles. The second-order valence-electron chi connectivity index (χ2n) is 6.61. The van der Waals surface area contributed by atoms with Crippen LogP contribution >= 0.6 is 0 Å². The average Bonchev–Trinajstić information content (AvgIpc) is 3.35. The van der Waals surface area contributed by atoms with Gasteiger partial charge in [-0.25, -0.2) is 14.5 Å². The van der Waals surface area contributed by atoms with Crippen molar-refractivity contribution in [2.45, 2.75) is 20.4 Å². The number of carbonyl (C=O) groups is 1. The van der Waals surface area contributed by atoms with Crippen LogP contribution in [0.2, 0.25) is 0 Å². The molecule has 0 bridgehead atoms. The fourth-order valence-electron chi connectivity index (χ4n) is 3.44. The maximum Gasteiger partial charge on any atom is 0.341 e. The van der Waals surface area contributed by atoms with Crippen molar-refractivity contribution in [3.05, 3.63) is 65.7 Å². The first kappa shape index (κ1) is 18.7. The van der Waals surface area contributed by atoms with Crippen LogP contribution in [-0.2, 0) is 18.3 Å². The smallest absolute Gasteiger partial charge is 0.341 e. The van der Waals surface area contributed by atoms with Crippen LogP contribution in [0.3, 0.4) is 0 Å². The highest BCUT2D eigenvalue weighted by molar-refractivity contribution is 6.05. The first-order valence-corrected chi connectivity index (χ1v) is 9.41. The zero-order valence-corrected chi connectivity index (χ0v) is 16.6. The van der Waals surface area contributed by atoms with E-state index < -0.39 is 5.97 Å². The number of nitrogens with zero attached hydrogens (tertiary/aromatic N) is 5. The predicted molar refractivity (Wildman–Crippen MR) is 110 cm³/mol. The average molecular weight is 390 g/mol. The largest absolute Gasteiger partial charge is 0.462 e. The van der Waals surface area contributed by atoms with Gasteiger partial charge in [0, 0.05) is 32.2 Å². The summed E-state index contributed by atoms with van der Waals surface area (Å²) in [5.74, 6) is -0.409. The van der Waals surface area contributed by atoms with E-state index in [1.54, 1.807) is 24.0 Å². The Morgan fingerprint density at radius 1 is 1.24 bits per heavy atom. The van der Waals surface area contributed by atoms with Gasteiger partial charge >= 0.3 is 5.97 Å². The van der Waals surface area contributed by atoms with Gasteiger partial charge in [-0.05, 0) is 31.5 Å². The third kappa shape index (κ3) is 3.44. The van der Waals surface area contributed by atoms with Gasteiger partial charge in [0.25, 0.3) is 0 Å². The van der Waals surface area contributed by atoms with Crippen LogP contribution in [0.1, 0.15) is 28.5 Å². The van der Waals surface area contributed by atoms with E-state index in [0.717, 1.165) is 22.3 Å². The molecule has 29 heavy (non-hydrogen) atoms. The van der Waals surface area contributed by atoms with Gasteiger partial charge in [0.1, 0.15) is 5.56 Å². The van der Waals surface area contributed by atoms with Crippen molar-refractivity contribution in [2.75, 3.05) is 11.9 Å². The van der Waals surface area contributed by atoms with Crippen LogP contribution < -0.4 is 5.32 Å². The van der Waals surface area contributed by atoms with Gasteiger partial charge in [0.15, 0.2) is 5.65 Å². The summed E-state index contributed by atoms with van der Waals surface area (Å²) in [4.78, 5) is 17.0. The van der Waals surface area contributed by atoms with E-state index in [2.05, 4.69) is 20.5 Å². The molecule has 4 rings (SSSR count). The molecule has 3 aromatic heterocycles. The maximum absolute atomic E-state index is 12.5. The lowest BCUT2D eigenvalue weighted by Gasteiger charge is -2.15. The molecular formula is C21H22N6O2. The highest BCUT2D eigenvalue weighted by Gasteiger charge is 2.21. The number of esters is 1. The molecule has 8 nitrogen and oxygen atoms in total. The molecule has 0 spiro atoms. The fourth-order valence-corrected chi connectivity index (χ4v) is 3.44. The summed E-state index contributed by atoms with van der Waals surface area (Å²) in [6.07, 6.45) is 5.19. The molecule has 1 N–H and O–H groups in total. The third-order valence-electron chi connectivity index (χ3n) is 4.72. The Labute approximate surface area is 168 Å². The molecule has 0 saturated heterocycles. The molecule has 0 aliphatic carbocycles. The molecule has 0 fully saturated rings. The standard InChI is InChI=1S/C21H22N6O2/c1-4-29-21(28)16-13-23-20-18(14(2)25-26(20)3)19(16)22-12-15-8-5-6-9-17(15)27-11-7-10-24-27/h5-11,13H,4,12H2,1-3H3,(H,22,23). The zero-order chi connectivity index (χ0) is 20.4. The van der Waals surface area contributed by atoms with Gasteiger partial charge in [0.2, 0.25) is 0 Å². The van der Waals surface area contributed by atoms with Crippen LogP contribution in [0.15, 0.2) is 48.9 Å². The van der Waals surface area contributed by atoms with Crippen LogP contribution in [0.5, 0.6) is 0 Å². The Balaban J connectivity index is 1.76. The van der Waals surface area contributed by atoms with E-state index in [4.69, 9.17) is 4.74 Å². The lowest BCUT2D eigenvalue weighted by Crippen LogP contribution is -2.12. The second kappa shape index (κ2) is 7.75. The van der Waals surface area contributed by atoms with Gasteiger partial charge in [-0.3, -0.25) is 4.68 Å². The number of anilines is 1. The summed E-state index contributed by atoms with van der Waals surface area (Å²) in [5, 5.41) is 13.0. The van der Waals surface area contributed by atoms with Crippen LogP contribution in [0.4, 0.5) is 5.69 Å². The summed E-state index contributed by atoms with van der Waals surface area (Å²) in [5.41, 5.74) is 4.58. The minimum atomic E-state index is -0.409. The van der Waals surface area contributed by atoms with Crippen molar-refractivity contribution >= 4 is 22.7 Å². The van der Waals surface area contributed by atoms with E-state index in [0.29, 0.717) is 30.0 Å². The number of hydrogen-bond acceptors (Lipinski definition) is 6. The highest BCUT2D eigenvalue weighted by atomic mass is 16.5. The summed E-state index contributed by atoms with van der Waals surface area (Å²) in [6.45, 7) is 4.48.